The van der Waals surface area contributed by atoms with Gasteiger partial charge in [-0.2, -0.15) is 0 Å². The van der Waals surface area contributed by atoms with Gasteiger partial charge >= 0.3 is 0 Å². The Bertz CT molecular complexity index is 487. The maximum Gasteiger partial charge on any atom is 0.137 e. The summed E-state index contributed by atoms with van der Waals surface area (Å²) in [5.74, 6) is 5.30. The molecule has 1 unspecified atom stereocenters. The molecule has 0 aliphatic rings. The van der Waals surface area contributed by atoms with Crippen LogP contribution >= 0.6 is 27.3 Å². The minimum absolute atomic E-state index is 0.00750. The summed E-state index contributed by atoms with van der Waals surface area (Å²) in [5, 5.41) is 2.00. The van der Waals surface area contributed by atoms with E-state index < -0.39 is 0 Å². The molecular formula is C12H12BrFN2S. The van der Waals surface area contributed by atoms with E-state index in [1.807, 2.05) is 23.6 Å². The monoisotopic (exact) mass is 314 g/mol. The van der Waals surface area contributed by atoms with Crippen LogP contribution in [0.3, 0.4) is 0 Å². The van der Waals surface area contributed by atoms with E-state index in [0.717, 1.165) is 10.4 Å². The maximum absolute atomic E-state index is 13.4. The predicted molar refractivity (Wildman–Crippen MR) is 72.2 cm³/mol. The van der Waals surface area contributed by atoms with Crippen molar-refractivity contribution in [2.45, 2.75) is 12.5 Å². The van der Waals surface area contributed by atoms with E-state index in [9.17, 15) is 4.39 Å². The van der Waals surface area contributed by atoms with Gasteiger partial charge in [-0.05, 0) is 45.4 Å². The van der Waals surface area contributed by atoms with Crippen molar-refractivity contribution >= 4 is 27.3 Å². The molecule has 17 heavy (non-hydrogen) atoms. The van der Waals surface area contributed by atoms with Crippen molar-refractivity contribution in [1.29, 1.82) is 0 Å². The predicted octanol–water partition coefficient (Wildman–Crippen LogP) is 3.40. The van der Waals surface area contributed by atoms with Gasteiger partial charge in [0.1, 0.15) is 5.82 Å². The number of hydrogen-bond acceptors (Lipinski definition) is 3. The Labute approximate surface area is 112 Å². The summed E-state index contributed by atoms with van der Waals surface area (Å²) >= 11 is 4.89. The summed E-state index contributed by atoms with van der Waals surface area (Å²) in [6.45, 7) is 0. The second kappa shape index (κ2) is 5.73. The highest BCUT2D eigenvalue weighted by atomic mass is 79.9. The average Bonchev–Trinajstić information content (AvgIpc) is 2.85. The molecule has 0 fully saturated rings. The van der Waals surface area contributed by atoms with Gasteiger partial charge in [-0.15, -0.1) is 11.3 Å². The highest BCUT2D eigenvalue weighted by Gasteiger charge is 2.14. The SMILES string of the molecule is NNC(Cc1cccc(F)c1Br)c1cccs1. The molecule has 0 spiro atoms. The zero-order chi connectivity index (χ0) is 12.3. The van der Waals surface area contributed by atoms with Crippen molar-refractivity contribution in [3.63, 3.8) is 0 Å². The van der Waals surface area contributed by atoms with Crippen LogP contribution < -0.4 is 11.3 Å². The molecule has 0 radical (unpaired) electrons. The summed E-state index contributed by atoms with van der Waals surface area (Å²) in [6.07, 6.45) is 0.648. The molecule has 0 aliphatic heterocycles. The number of nitrogens with two attached hydrogens (primary N) is 1. The molecule has 1 heterocycles. The minimum Gasteiger partial charge on any atom is -0.271 e. The fraction of sp³-hybridized carbons (Fsp3) is 0.167. The molecule has 90 valence electrons. The third-order valence-corrected chi connectivity index (χ3v) is 4.42. The Morgan fingerprint density at radius 2 is 2.18 bits per heavy atom. The fourth-order valence-corrected chi connectivity index (χ4v) is 2.87. The van der Waals surface area contributed by atoms with E-state index in [-0.39, 0.29) is 11.9 Å². The highest BCUT2D eigenvalue weighted by molar-refractivity contribution is 9.10. The smallest absolute Gasteiger partial charge is 0.137 e. The molecule has 1 aromatic heterocycles. The topological polar surface area (TPSA) is 38.0 Å². The van der Waals surface area contributed by atoms with E-state index in [1.165, 1.54) is 6.07 Å². The van der Waals surface area contributed by atoms with Crippen LogP contribution in [-0.4, -0.2) is 0 Å². The third kappa shape index (κ3) is 2.93. The van der Waals surface area contributed by atoms with Gasteiger partial charge in [-0.3, -0.25) is 11.3 Å². The van der Waals surface area contributed by atoms with Crippen LogP contribution in [-0.2, 0) is 6.42 Å². The summed E-state index contributed by atoms with van der Waals surface area (Å²) in [5.41, 5.74) is 3.67. The van der Waals surface area contributed by atoms with Crippen LogP contribution in [0.15, 0.2) is 40.2 Å². The van der Waals surface area contributed by atoms with Crippen molar-refractivity contribution in [2.75, 3.05) is 0 Å². The van der Waals surface area contributed by atoms with Gasteiger partial charge < -0.3 is 0 Å². The van der Waals surface area contributed by atoms with Crippen molar-refractivity contribution in [3.05, 3.63) is 56.4 Å². The fourth-order valence-electron chi connectivity index (χ4n) is 1.66. The number of hydrogen-bond donors (Lipinski definition) is 2. The van der Waals surface area contributed by atoms with E-state index in [0.29, 0.717) is 10.9 Å². The number of benzene rings is 1. The van der Waals surface area contributed by atoms with Crippen molar-refractivity contribution in [1.82, 2.24) is 5.43 Å². The number of nitrogens with one attached hydrogen (secondary N) is 1. The van der Waals surface area contributed by atoms with Crippen LogP contribution in [0.2, 0.25) is 0 Å². The Hall–Kier alpha value is -0.750. The van der Waals surface area contributed by atoms with Gasteiger partial charge in [0.15, 0.2) is 0 Å². The lowest BCUT2D eigenvalue weighted by atomic mass is 10.1. The first-order chi connectivity index (χ1) is 8.22. The van der Waals surface area contributed by atoms with E-state index >= 15 is 0 Å². The van der Waals surface area contributed by atoms with Crippen molar-refractivity contribution in [3.8, 4) is 0 Å². The standard InChI is InChI=1S/C12H12BrFN2S/c13-12-8(3-1-4-9(12)14)7-10(16-15)11-5-2-6-17-11/h1-6,10,16H,7,15H2. The quantitative estimate of drug-likeness (QED) is 0.670. The molecule has 3 N–H and O–H groups in total. The lowest BCUT2D eigenvalue weighted by molar-refractivity contribution is 0.554. The summed E-state index contributed by atoms with van der Waals surface area (Å²) in [7, 11) is 0. The number of halogens is 2. The molecule has 1 atom stereocenters. The van der Waals surface area contributed by atoms with Crippen molar-refractivity contribution in [2.24, 2.45) is 5.84 Å². The lowest BCUT2D eigenvalue weighted by Gasteiger charge is -2.15. The Kier molecular flexibility index (Phi) is 4.28. The Morgan fingerprint density at radius 1 is 1.35 bits per heavy atom. The van der Waals surface area contributed by atoms with E-state index in [2.05, 4.69) is 21.4 Å². The summed E-state index contributed by atoms with van der Waals surface area (Å²) in [4.78, 5) is 1.14. The van der Waals surface area contributed by atoms with Crippen LogP contribution in [0.5, 0.6) is 0 Å². The Balaban J connectivity index is 2.22. The summed E-state index contributed by atoms with van der Waals surface area (Å²) in [6, 6.07) is 9.03. The van der Waals surface area contributed by atoms with E-state index in [4.69, 9.17) is 5.84 Å². The molecule has 0 saturated heterocycles. The first-order valence-electron chi connectivity index (χ1n) is 5.14. The first kappa shape index (κ1) is 12.7. The van der Waals surface area contributed by atoms with Crippen LogP contribution in [0.25, 0.3) is 0 Å². The van der Waals surface area contributed by atoms with Gasteiger partial charge in [-0.25, -0.2) is 4.39 Å². The largest absolute Gasteiger partial charge is 0.271 e. The molecule has 2 nitrogen and oxygen atoms in total. The lowest BCUT2D eigenvalue weighted by Crippen LogP contribution is -2.29. The second-order valence-electron chi connectivity index (χ2n) is 3.65. The molecule has 5 heteroatoms. The highest BCUT2D eigenvalue weighted by Crippen LogP contribution is 2.27. The van der Waals surface area contributed by atoms with Gasteiger partial charge in [0, 0.05) is 4.88 Å². The Morgan fingerprint density at radius 3 is 2.82 bits per heavy atom. The third-order valence-electron chi connectivity index (χ3n) is 2.54. The summed E-state index contributed by atoms with van der Waals surface area (Å²) < 4.78 is 13.9. The average molecular weight is 315 g/mol. The normalized spacial score (nSPS) is 12.6. The van der Waals surface area contributed by atoms with Gasteiger partial charge in [0.05, 0.1) is 10.5 Å². The van der Waals surface area contributed by atoms with Crippen LogP contribution in [0.4, 0.5) is 4.39 Å². The van der Waals surface area contributed by atoms with Crippen LogP contribution in [0.1, 0.15) is 16.5 Å². The zero-order valence-electron chi connectivity index (χ0n) is 8.99. The van der Waals surface area contributed by atoms with Crippen molar-refractivity contribution < 1.29 is 4.39 Å². The number of hydrazine groups is 1. The molecule has 0 amide bonds. The van der Waals surface area contributed by atoms with Crippen LogP contribution in [0, 0.1) is 5.82 Å². The van der Waals surface area contributed by atoms with Gasteiger partial charge in [0.25, 0.3) is 0 Å². The molecule has 0 bridgehead atoms. The van der Waals surface area contributed by atoms with Gasteiger partial charge in [0.2, 0.25) is 0 Å². The maximum atomic E-state index is 13.4. The minimum atomic E-state index is -0.246. The molecule has 2 aromatic rings. The molecular weight excluding hydrogens is 303 g/mol. The first-order valence-corrected chi connectivity index (χ1v) is 6.82. The van der Waals surface area contributed by atoms with Gasteiger partial charge in [-0.1, -0.05) is 18.2 Å². The number of rotatable bonds is 4. The molecule has 0 aliphatic carbocycles. The molecule has 2 rings (SSSR count). The second-order valence-corrected chi connectivity index (χ2v) is 5.42. The number of thiophene rings is 1. The zero-order valence-corrected chi connectivity index (χ0v) is 11.4. The molecule has 0 saturated carbocycles. The molecule has 1 aromatic carbocycles. The van der Waals surface area contributed by atoms with E-state index in [1.54, 1.807) is 17.4 Å².